The molecule has 0 saturated carbocycles. The Bertz CT molecular complexity index is 161. The predicted octanol–water partition coefficient (Wildman–Crippen LogP) is 0.667. The van der Waals surface area contributed by atoms with Crippen molar-refractivity contribution in [2.24, 2.45) is 0 Å². The summed E-state index contributed by atoms with van der Waals surface area (Å²) in [6.07, 6.45) is 1.84. The largest absolute Gasteiger partial charge is 0.466 e. The van der Waals surface area contributed by atoms with E-state index >= 15 is 0 Å². The van der Waals surface area contributed by atoms with E-state index < -0.39 is 0 Å². The van der Waals surface area contributed by atoms with E-state index in [1.165, 1.54) is 7.11 Å². The number of carbonyl (C=O) groups is 1. The van der Waals surface area contributed by atoms with Crippen LogP contribution in [0.1, 0.15) is 6.92 Å². The van der Waals surface area contributed by atoms with Gasteiger partial charge in [-0.25, -0.2) is 4.79 Å². The number of carbonyl (C=O) groups excluding carboxylic acids is 1. The Kier molecular flexibility index (Phi) is 4.54. The molecule has 3 nitrogen and oxygen atoms in total. The van der Waals surface area contributed by atoms with Crippen molar-refractivity contribution in [3.8, 4) is 0 Å². The molecule has 0 rings (SSSR count). The van der Waals surface area contributed by atoms with Gasteiger partial charge >= 0.3 is 5.97 Å². The van der Waals surface area contributed by atoms with Crippen LogP contribution in [0.15, 0.2) is 11.6 Å². The minimum atomic E-state index is -0.258. The third kappa shape index (κ3) is 4.56. The summed E-state index contributed by atoms with van der Waals surface area (Å²) in [5.41, 5.74) is 0.654. The topological polar surface area (TPSA) is 29.5 Å². The summed E-state index contributed by atoms with van der Waals surface area (Å²) in [6.45, 7) is 2.51. The zero-order valence-electron chi connectivity index (χ0n) is 7.55. The van der Waals surface area contributed by atoms with Crippen molar-refractivity contribution in [2.45, 2.75) is 6.92 Å². The maximum absolute atomic E-state index is 10.8. The van der Waals surface area contributed by atoms with Gasteiger partial charge in [0.05, 0.1) is 7.11 Å². The Balaban J connectivity index is 3.90. The van der Waals surface area contributed by atoms with Gasteiger partial charge < -0.3 is 9.64 Å². The quantitative estimate of drug-likeness (QED) is 0.445. The molecule has 0 amide bonds. The van der Waals surface area contributed by atoms with Crippen LogP contribution in [0.5, 0.6) is 0 Å². The molecule has 0 radical (unpaired) electrons. The third-order valence-electron chi connectivity index (χ3n) is 1.27. The van der Waals surface area contributed by atoms with Gasteiger partial charge in [0.25, 0.3) is 0 Å². The third-order valence-corrected chi connectivity index (χ3v) is 1.27. The highest BCUT2D eigenvalue weighted by atomic mass is 16.5. The lowest BCUT2D eigenvalue weighted by Crippen LogP contribution is -2.12. The van der Waals surface area contributed by atoms with Crippen LogP contribution < -0.4 is 0 Å². The van der Waals surface area contributed by atoms with Crippen molar-refractivity contribution in [2.75, 3.05) is 27.7 Å². The molecule has 0 heterocycles. The maximum Gasteiger partial charge on any atom is 0.333 e. The molecule has 0 aliphatic rings. The lowest BCUT2D eigenvalue weighted by molar-refractivity contribution is -0.136. The lowest BCUT2D eigenvalue weighted by atomic mass is 10.3. The molecule has 64 valence electrons. The minimum absolute atomic E-state index is 0.258. The number of likely N-dealkylation sites (N-methyl/N-ethyl adjacent to an activating group) is 1. The highest BCUT2D eigenvalue weighted by Gasteiger charge is 2.01. The van der Waals surface area contributed by atoms with Crippen LogP contribution in [-0.4, -0.2) is 38.6 Å². The first-order chi connectivity index (χ1) is 5.07. The van der Waals surface area contributed by atoms with Crippen molar-refractivity contribution in [3.63, 3.8) is 0 Å². The summed E-state index contributed by atoms with van der Waals surface area (Å²) >= 11 is 0. The Morgan fingerprint density at radius 3 is 2.45 bits per heavy atom. The maximum atomic E-state index is 10.8. The molecule has 0 aromatic carbocycles. The summed E-state index contributed by atoms with van der Waals surface area (Å²) in [5.74, 6) is -0.258. The molecular formula is C8H15NO2. The van der Waals surface area contributed by atoms with Gasteiger partial charge in [-0.15, -0.1) is 0 Å². The molecule has 0 N–H and O–H groups in total. The van der Waals surface area contributed by atoms with Crippen LogP contribution in [0, 0.1) is 0 Å². The molecule has 11 heavy (non-hydrogen) atoms. The number of nitrogens with zero attached hydrogens (tertiary/aromatic N) is 1. The number of hydrogen-bond acceptors (Lipinski definition) is 3. The van der Waals surface area contributed by atoms with E-state index in [0.717, 1.165) is 6.54 Å². The van der Waals surface area contributed by atoms with E-state index in [-0.39, 0.29) is 5.97 Å². The monoisotopic (exact) mass is 157 g/mol. The van der Waals surface area contributed by atoms with Crippen molar-refractivity contribution in [1.82, 2.24) is 4.90 Å². The predicted molar refractivity (Wildman–Crippen MR) is 44.3 cm³/mol. The number of methoxy groups -OCH3 is 1. The van der Waals surface area contributed by atoms with Gasteiger partial charge in [0.1, 0.15) is 0 Å². The molecule has 0 saturated heterocycles. The molecule has 0 aromatic heterocycles. The first-order valence-electron chi connectivity index (χ1n) is 3.47. The molecule has 0 atom stereocenters. The average Bonchev–Trinajstić information content (AvgIpc) is 1.98. The summed E-state index contributed by atoms with van der Waals surface area (Å²) in [7, 11) is 5.28. The first kappa shape index (κ1) is 10.2. The molecule has 0 bridgehead atoms. The van der Waals surface area contributed by atoms with Gasteiger partial charge in [-0.1, -0.05) is 6.08 Å². The molecule has 3 heteroatoms. The van der Waals surface area contributed by atoms with Crippen molar-refractivity contribution < 1.29 is 9.53 Å². The first-order valence-corrected chi connectivity index (χ1v) is 3.47. The van der Waals surface area contributed by atoms with Gasteiger partial charge in [0, 0.05) is 12.1 Å². The van der Waals surface area contributed by atoms with Crippen LogP contribution in [0.2, 0.25) is 0 Å². The van der Waals surface area contributed by atoms with Gasteiger partial charge in [0.2, 0.25) is 0 Å². The zero-order chi connectivity index (χ0) is 8.85. The summed E-state index contributed by atoms with van der Waals surface area (Å²) in [4.78, 5) is 12.8. The minimum Gasteiger partial charge on any atom is -0.466 e. The number of esters is 1. The van der Waals surface area contributed by atoms with Crippen LogP contribution >= 0.6 is 0 Å². The number of rotatable bonds is 3. The van der Waals surface area contributed by atoms with Crippen molar-refractivity contribution >= 4 is 5.97 Å². The van der Waals surface area contributed by atoms with Crippen LogP contribution in [0.25, 0.3) is 0 Å². The van der Waals surface area contributed by atoms with E-state index in [1.54, 1.807) is 6.92 Å². The SMILES string of the molecule is COC(=O)C(C)=CCN(C)C. The standard InChI is InChI=1S/C8H15NO2/c1-7(8(10)11-4)5-6-9(2)3/h5H,6H2,1-4H3. The number of ether oxygens (including phenoxy) is 1. The molecule has 0 fully saturated rings. The molecular weight excluding hydrogens is 142 g/mol. The summed E-state index contributed by atoms with van der Waals surface area (Å²) in [5, 5.41) is 0. The Labute approximate surface area is 67.6 Å². The van der Waals surface area contributed by atoms with E-state index in [1.807, 2.05) is 25.1 Å². The molecule has 0 aliphatic heterocycles. The van der Waals surface area contributed by atoms with E-state index in [4.69, 9.17) is 0 Å². The van der Waals surface area contributed by atoms with E-state index in [0.29, 0.717) is 5.57 Å². The van der Waals surface area contributed by atoms with Crippen molar-refractivity contribution in [3.05, 3.63) is 11.6 Å². The summed E-state index contributed by atoms with van der Waals surface area (Å²) in [6, 6.07) is 0. The van der Waals surface area contributed by atoms with E-state index in [2.05, 4.69) is 4.74 Å². The Hall–Kier alpha value is -0.830. The van der Waals surface area contributed by atoms with Crippen LogP contribution in [0.3, 0.4) is 0 Å². The second-order valence-electron chi connectivity index (χ2n) is 2.64. The second kappa shape index (κ2) is 4.91. The number of hydrogen-bond donors (Lipinski definition) is 0. The Morgan fingerprint density at radius 2 is 2.09 bits per heavy atom. The smallest absolute Gasteiger partial charge is 0.333 e. The molecule has 0 aliphatic carbocycles. The average molecular weight is 157 g/mol. The van der Waals surface area contributed by atoms with Gasteiger partial charge in [-0.05, 0) is 21.0 Å². The second-order valence-corrected chi connectivity index (χ2v) is 2.64. The molecule has 0 unspecified atom stereocenters. The normalized spacial score (nSPS) is 11.9. The van der Waals surface area contributed by atoms with E-state index in [9.17, 15) is 4.79 Å². The summed E-state index contributed by atoms with van der Waals surface area (Å²) < 4.78 is 4.52. The molecule has 0 spiro atoms. The fourth-order valence-corrected chi connectivity index (χ4v) is 0.564. The molecule has 0 aromatic rings. The van der Waals surface area contributed by atoms with Gasteiger partial charge in [-0.3, -0.25) is 0 Å². The zero-order valence-corrected chi connectivity index (χ0v) is 7.55. The van der Waals surface area contributed by atoms with Crippen LogP contribution in [0.4, 0.5) is 0 Å². The Morgan fingerprint density at radius 1 is 1.55 bits per heavy atom. The van der Waals surface area contributed by atoms with Gasteiger partial charge in [0.15, 0.2) is 0 Å². The highest BCUT2D eigenvalue weighted by Crippen LogP contribution is 1.94. The van der Waals surface area contributed by atoms with Crippen molar-refractivity contribution in [1.29, 1.82) is 0 Å². The lowest BCUT2D eigenvalue weighted by Gasteiger charge is -2.05. The fraction of sp³-hybridized carbons (Fsp3) is 0.625. The fourth-order valence-electron chi connectivity index (χ4n) is 0.564. The van der Waals surface area contributed by atoms with Gasteiger partial charge in [-0.2, -0.15) is 0 Å². The highest BCUT2D eigenvalue weighted by molar-refractivity contribution is 5.87. The van der Waals surface area contributed by atoms with Crippen LogP contribution in [-0.2, 0) is 9.53 Å².